The fraction of sp³-hybridized carbons (Fsp3) is 0.333. The predicted molar refractivity (Wildman–Crippen MR) is 105 cm³/mol. The third-order valence-corrected chi connectivity index (χ3v) is 7.12. The molecule has 1 aliphatic heterocycles. The average Bonchev–Trinajstić information content (AvgIpc) is 2.62. The Balaban J connectivity index is 1.79. The van der Waals surface area contributed by atoms with Gasteiger partial charge in [-0.2, -0.15) is 4.31 Å². The van der Waals surface area contributed by atoms with Gasteiger partial charge in [0, 0.05) is 26.2 Å². The van der Waals surface area contributed by atoms with Gasteiger partial charge >= 0.3 is 0 Å². The number of anilines is 1. The Morgan fingerprint density at radius 2 is 1.58 bits per heavy atom. The number of nitrogens with zero attached hydrogens (tertiary/aromatic N) is 2. The Morgan fingerprint density at radius 3 is 2.19 bits per heavy atom. The Bertz CT molecular complexity index is 862. The van der Waals surface area contributed by atoms with Gasteiger partial charge in [-0.1, -0.05) is 41.4 Å². The molecule has 140 valence electrons. The van der Waals surface area contributed by atoms with Gasteiger partial charge in [0.1, 0.15) is 10.6 Å². The molecule has 0 spiro atoms. The van der Waals surface area contributed by atoms with Crippen molar-refractivity contribution >= 4 is 38.9 Å². The molecule has 0 aromatic heterocycles. The molecule has 1 heterocycles. The molecular formula is C18H20Cl2N2O3S. The van der Waals surface area contributed by atoms with Gasteiger partial charge in [0.15, 0.2) is 0 Å². The van der Waals surface area contributed by atoms with Gasteiger partial charge in [-0.3, -0.25) is 0 Å². The van der Waals surface area contributed by atoms with Crippen LogP contribution in [-0.4, -0.2) is 45.5 Å². The molecule has 1 aliphatic rings. The number of halogens is 2. The van der Waals surface area contributed by atoms with Crippen molar-refractivity contribution in [3.8, 4) is 5.75 Å². The Kier molecular flexibility index (Phi) is 5.97. The number of hydrogen-bond donors (Lipinski definition) is 0. The maximum absolute atomic E-state index is 13.0. The molecule has 0 atom stereocenters. The zero-order valence-corrected chi connectivity index (χ0v) is 16.7. The molecule has 1 saturated heterocycles. The number of benzene rings is 2. The molecule has 0 N–H and O–H groups in total. The van der Waals surface area contributed by atoms with Crippen molar-refractivity contribution in [1.82, 2.24) is 4.31 Å². The van der Waals surface area contributed by atoms with Gasteiger partial charge in [0.25, 0.3) is 0 Å². The van der Waals surface area contributed by atoms with Crippen molar-refractivity contribution in [2.24, 2.45) is 0 Å². The summed E-state index contributed by atoms with van der Waals surface area (Å²) in [4.78, 5) is 2.11. The number of hydrogen-bond acceptors (Lipinski definition) is 4. The van der Waals surface area contributed by atoms with Crippen LogP contribution in [0.2, 0.25) is 10.0 Å². The van der Waals surface area contributed by atoms with Crippen molar-refractivity contribution in [1.29, 1.82) is 0 Å². The normalized spacial score (nSPS) is 15.9. The molecule has 0 amide bonds. The van der Waals surface area contributed by atoms with Crippen LogP contribution in [0.5, 0.6) is 5.75 Å². The van der Waals surface area contributed by atoms with E-state index in [0.29, 0.717) is 32.8 Å². The zero-order chi connectivity index (χ0) is 18.7. The molecular weight excluding hydrogens is 395 g/mol. The van der Waals surface area contributed by atoms with E-state index in [-0.39, 0.29) is 14.9 Å². The number of sulfonamides is 1. The van der Waals surface area contributed by atoms with E-state index in [1.165, 1.54) is 16.4 Å². The van der Waals surface area contributed by atoms with Gasteiger partial charge in [-0.25, -0.2) is 8.42 Å². The number of piperazine rings is 1. The van der Waals surface area contributed by atoms with E-state index in [1.54, 1.807) is 6.07 Å². The first-order valence-corrected chi connectivity index (χ1v) is 10.6. The molecule has 0 bridgehead atoms. The highest BCUT2D eigenvalue weighted by Crippen LogP contribution is 2.33. The summed E-state index contributed by atoms with van der Waals surface area (Å²) in [6.45, 7) is 4.34. The van der Waals surface area contributed by atoms with Crippen LogP contribution in [0.1, 0.15) is 6.92 Å². The lowest BCUT2D eigenvalue weighted by atomic mass is 10.2. The van der Waals surface area contributed by atoms with Gasteiger partial charge < -0.3 is 9.64 Å². The van der Waals surface area contributed by atoms with E-state index < -0.39 is 10.0 Å². The van der Waals surface area contributed by atoms with Crippen LogP contribution in [0.3, 0.4) is 0 Å². The molecule has 0 aliphatic carbocycles. The van der Waals surface area contributed by atoms with Crippen LogP contribution in [-0.2, 0) is 10.0 Å². The van der Waals surface area contributed by atoms with E-state index in [2.05, 4.69) is 4.90 Å². The second-order valence-electron chi connectivity index (χ2n) is 5.84. The molecule has 0 unspecified atom stereocenters. The molecule has 26 heavy (non-hydrogen) atoms. The second-order valence-corrected chi connectivity index (χ2v) is 8.53. The van der Waals surface area contributed by atoms with Crippen LogP contribution in [0, 0.1) is 0 Å². The molecule has 1 fully saturated rings. The summed E-state index contributed by atoms with van der Waals surface area (Å²) in [7, 11) is -3.74. The van der Waals surface area contributed by atoms with E-state index in [4.69, 9.17) is 27.9 Å². The van der Waals surface area contributed by atoms with Gasteiger partial charge in [0.2, 0.25) is 10.0 Å². The largest absolute Gasteiger partial charge is 0.492 e. The Labute approximate surface area is 164 Å². The topological polar surface area (TPSA) is 49.9 Å². The van der Waals surface area contributed by atoms with Crippen LogP contribution >= 0.6 is 23.2 Å². The number of rotatable bonds is 5. The first kappa shape index (κ1) is 19.3. The highest BCUT2D eigenvalue weighted by atomic mass is 35.5. The van der Waals surface area contributed by atoms with Crippen molar-refractivity contribution in [2.45, 2.75) is 11.8 Å². The Hall–Kier alpha value is -1.47. The predicted octanol–water partition coefficient (Wildman–Crippen LogP) is 3.90. The van der Waals surface area contributed by atoms with E-state index in [9.17, 15) is 8.42 Å². The number of ether oxygens (including phenoxy) is 1. The maximum atomic E-state index is 13.0. The van der Waals surface area contributed by atoms with E-state index in [1.807, 2.05) is 31.2 Å². The van der Waals surface area contributed by atoms with Crippen LogP contribution in [0.4, 0.5) is 5.69 Å². The monoisotopic (exact) mass is 414 g/mol. The minimum Gasteiger partial charge on any atom is -0.492 e. The average molecular weight is 415 g/mol. The summed E-state index contributed by atoms with van der Waals surface area (Å²) in [5.41, 5.74) is 0.974. The Morgan fingerprint density at radius 1 is 0.962 bits per heavy atom. The first-order chi connectivity index (χ1) is 12.4. The molecule has 0 saturated carbocycles. The molecule has 2 aromatic rings. The highest BCUT2D eigenvalue weighted by molar-refractivity contribution is 7.89. The standard InChI is InChI=1S/C18H20Cl2N2O3S/c1-2-25-17-9-4-3-8-16(17)21-10-12-22(13-11-21)26(23,24)18-14(19)6-5-7-15(18)20/h3-9H,2,10-13H2,1H3. The summed E-state index contributed by atoms with van der Waals surface area (Å²) in [5.74, 6) is 0.806. The third-order valence-electron chi connectivity index (χ3n) is 4.26. The fourth-order valence-corrected chi connectivity index (χ4v) is 5.54. The second kappa shape index (κ2) is 8.05. The van der Waals surface area contributed by atoms with Crippen LogP contribution in [0.25, 0.3) is 0 Å². The van der Waals surface area contributed by atoms with Crippen molar-refractivity contribution in [3.05, 3.63) is 52.5 Å². The SMILES string of the molecule is CCOc1ccccc1N1CCN(S(=O)(=O)c2c(Cl)cccc2Cl)CC1. The zero-order valence-electron chi connectivity index (χ0n) is 14.4. The smallest absolute Gasteiger partial charge is 0.246 e. The summed E-state index contributed by atoms with van der Waals surface area (Å²) in [5, 5.41) is 0.281. The highest BCUT2D eigenvalue weighted by Gasteiger charge is 2.32. The van der Waals surface area contributed by atoms with Crippen LogP contribution < -0.4 is 9.64 Å². The molecule has 2 aromatic carbocycles. The summed E-state index contributed by atoms with van der Waals surface area (Å²) in [6.07, 6.45) is 0. The lowest BCUT2D eigenvalue weighted by Crippen LogP contribution is -2.48. The fourth-order valence-electron chi connectivity index (χ4n) is 3.02. The van der Waals surface area contributed by atoms with Crippen molar-refractivity contribution < 1.29 is 13.2 Å². The molecule has 8 heteroatoms. The van der Waals surface area contributed by atoms with Crippen LogP contribution in [0.15, 0.2) is 47.4 Å². The molecule has 0 radical (unpaired) electrons. The minimum absolute atomic E-state index is 0.0218. The maximum Gasteiger partial charge on any atom is 0.246 e. The number of para-hydroxylation sites is 2. The van der Waals surface area contributed by atoms with Gasteiger partial charge in [0.05, 0.1) is 22.3 Å². The minimum atomic E-state index is -3.74. The summed E-state index contributed by atoms with van der Waals surface area (Å²) in [6, 6.07) is 12.5. The lowest BCUT2D eigenvalue weighted by Gasteiger charge is -2.36. The van der Waals surface area contributed by atoms with Gasteiger partial charge in [-0.15, -0.1) is 0 Å². The molecule has 5 nitrogen and oxygen atoms in total. The first-order valence-electron chi connectivity index (χ1n) is 8.36. The van der Waals surface area contributed by atoms with Crippen molar-refractivity contribution in [2.75, 3.05) is 37.7 Å². The third kappa shape index (κ3) is 3.78. The lowest BCUT2D eigenvalue weighted by molar-refractivity contribution is 0.337. The quantitative estimate of drug-likeness (QED) is 0.743. The summed E-state index contributed by atoms with van der Waals surface area (Å²) >= 11 is 12.2. The van der Waals surface area contributed by atoms with Crippen molar-refractivity contribution in [3.63, 3.8) is 0 Å². The van der Waals surface area contributed by atoms with E-state index in [0.717, 1.165) is 11.4 Å². The van der Waals surface area contributed by atoms with E-state index >= 15 is 0 Å². The summed E-state index contributed by atoms with van der Waals surface area (Å²) < 4.78 is 33.0. The molecule has 3 rings (SSSR count). The van der Waals surface area contributed by atoms with Gasteiger partial charge in [-0.05, 0) is 31.2 Å².